The number of hydrogen-bond donors (Lipinski definition) is 2. The number of phenolic OH excluding ortho intramolecular Hbond substituents is 1. The van der Waals surface area contributed by atoms with Crippen LogP contribution in [0.5, 0.6) is 11.5 Å². The largest absolute Gasteiger partial charge is 0.507 e. The summed E-state index contributed by atoms with van der Waals surface area (Å²) in [4.78, 5) is 0. The molecule has 0 radical (unpaired) electrons. The van der Waals surface area contributed by atoms with Crippen molar-refractivity contribution in [2.24, 2.45) is 16.7 Å². The maximum absolute atomic E-state index is 10.6. The molecule has 0 aromatic heterocycles. The minimum atomic E-state index is -0.389. The molecule has 2 N–H and O–H groups in total. The number of benzene rings is 1. The number of phenols is 1. The average Bonchev–Trinajstić information content (AvgIpc) is 2.52. The molecule has 3 nitrogen and oxygen atoms in total. The summed E-state index contributed by atoms with van der Waals surface area (Å²) in [6, 6.07) is 3.80. The van der Waals surface area contributed by atoms with Crippen LogP contribution in [-0.2, 0) is 0 Å². The number of aromatic hydroxyl groups is 1. The van der Waals surface area contributed by atoms with Gasteiger partial charge in [0.1, 0.15) is 17.1 Å². The smallest absolute Gasteiger partial charge is 0.131 e. The lowest BCUT2D eigenvalue weighted by Gasteiger charge is -2.60. The van der Waals surface area contributed by atoms with E-state index in [2.05, 4.69) is 26.8 Å². The van der Waals surface area contributed by atoms with Crippen LogP contribution in [0.3, 0.4) is 0 Å². The molecular weight excluding hydrogens is 312 g/mol. The summed E-state index contributed by atoms with van der Waals surface area (Å²) in [5.74, 6) is 1.50. The summed E-state index contributed by atoms with van der Waals surface area (Å²) in [5, 5.41) is 21.0. The maximum atomic E-state index is 10.6. The van der Waals surface area contributed by atoms with Gasteiger partial charge in [0.15, 0.2) is 0 Å². The van der Waals surface area contributed by atoms with Crippen molar-refractivity contribution in [2.75, 3.05) is 6.61 Å². The van der Waals surface area contributed by atoms with Crippen molar-refractivity contribution >= 4 is 6.08 Å². The summed E-state index contributed by atoms with van der Waals surface area (Å²) in [6.07, 6.45) is 7.52. The van der Waals surface area contributed by atoms with E-state index in [1.807, 2.05) is 13.0 Å². The van der Waals surface area contributed by atoms with Crippen LogP contribution in [0.2, 0.25) is 0 Å². The summed E-state index contributed by atoms with van der Waals surface area (Å²) in [5.41, 5.74) is 2.57. The zero-order chi connectivity index (χ0) is 18.0. The van der Waals surface area contributed by atoms with Crippen molar-refractivity contribution in [1.82, 2.24) is 0 Å². The number of aliphatic hydroxyl groups excluding tert-OH is 1. The van der Waals surface area contributed by atoms with Gasteiger partial charge < -0.3 is 14.9 Å². The lowest BCUT2D eigenvalue weighted by atomic mass is 9.47. The molecule has 1 aliphatic heterocycles. The SMILES string of the molecule is Cc1cc(O)c2c(c1)O[C@@]1(C)CC[C@H]3C(C)(C)CCC[C@@]3(CO)C1=C2. The van der Waals surface area contributed by atoms with Gasteiger partial charge in [0.05, 0.1) is 12.2 Å². The molecule has 136 valence electrons. The van der Waals surface area contributed by atoms with Gasteiger partial charge in [0.2, 0.25) is 0 Å². The van der Waals surface area contributed by atoms with Crippen LogP contribution in [0.25, 0.3) is 6.08 Å². The topological polar surface area (TPSA) is 49.7 Å². The molecule has 2 fully saturated rings. The third-order valence-corrected chi connectivity index (χ3v) is 7.24. The van der Waals surface area contributed by atoms with Gasteiger partial charge in [-0.05, 0) is 80.2 Å². The lowest BCUT2D eigenvalue weighted by Crippen LogP contribution is -2.58. The highest BCUT2D eigenvalue weighted by molar-refractivity contribution is 5.71. The molecule has 1 aromatic rings. The predicted molar refractivity (Wildman–Crippen MR) is 99.7 cm³/mol. The molecule has 1 heterocycles. The number of rotatable bonds is 1. The second-order valence-electron chi connectivity index (χ2n) is 9.33. The molecule has 3 atom stereocenters. The summed E-state index contributed by atoms with van der Waals surface area (Å²) >= 11 is 0. The molecule has 0 bridgehead atoms. The first-order valence-electron chi connectivity index (χ1n) is 9.58. The molecule has 3 aliphatic rings. The number of fused-ring (bicyclic) bond motifs is 4. The zero-order valence-corrected chi connectivity index (χ0v) is 15.9. The van der Waals surface area contributed by atoms with Crippen molar-refractivity contribution in [2.45, 2.75) is 65.4 Å². The molecule has 2 aliphatic carbocycles. The highest BCUT2D eigenvalue weighted by Crippen LogP contribution is 2.64. The molecule has 0 spiro atoms. The Morgan fingerprint density at radius 2 is 1.92 bits per heavy atom. The van der Waals surface area contributed by atoms with Gasteiger partial charge in [-0.25, -0.2) is 0 Å². The molecule has 2 saturated carbocycles. The highest BCUT2D eigenvalue weighted by Gasteiger charge is 2.59. The molecule has 0 saturated heterocycles. The minimum Gasteiger partial charge on any atom is -0.507 e. The minimum absolute atomic E-state index is 0.161. The van der Waals surface area contributed by atoms with E-state index in [1.165, 1.54) is 12.0 Å². The van der Waals surface area contributed by atoms with Gasteiger partial charge in [-0.3, -0.25) is 0 Å². The van der Waals surface area contributed by atoms with E-state index in [-0.39, 0.29) is 28.8 Å². The van der Waals surface area contributed by atoms with Crippen molar-refractivity contribution in [3.05, 3.63) is 28.8 Å². The van der Waals surface area contributed by atoms with Crippen LogP contribution in [0, 0.1) is 23.7 Å². The monoisotopic (exact) mass is 342 g/mol. The van der Waals surface area contributed by atoms with Crippen LogP contribution < -0.4 is 4.74 Å². The molecule has 25 heavy (non-hydrogen) atoms. The quantitative estimate of drug-likeness (QED) is 0.768. The number of aryl methyl sites for hydroxylation is 1. The Labute approximate surface area is 150 Å². The van der Waals surface area contributed by atoms with E-state index < -0.39 is 0 Å². The first-order valence-corrected chi connectivity index (χ1v) is 9.58. The van der Waals surface area contributed by atoms with Gasteiger partial charge in [-0.2, -0.15) is 0 Å². The Morgan fingerprint density at radius 3 is 2.64 bits per heavy atom. The Kier molecular flexibility index (Phi) is 3.57. The van der Waals surface area contributed by atoms with Crippen LogP contribution >= 0.6 is 0 Å². The van der Waals surface area contributed by atoms with E-state index in [0.29, 0.717) is 5.92 Å². The fourth-order valence-corrected chi connectivity index (χ4v) is 6.07. The van der Waals surface area contributed by atoms with Gasteiger partial charge in [0.25, 0.3) is 0 Å². The first-order chi connectivity index (χ1) is 11.7. The molecule has 4 rings (SSSR count). The molecule has 0 amide bonds. The van der Waals surface area contributed by atoms with E-state index in [0.717, 1.165) is 42.6 Å². The summed E-state index contributed by atoms with van der Waals surface area (Å²) in [7, 11) is 0. The van der Waals surface area contributed by atoms with Crippen LogP contribution in [0.4, 0.5) is 0 Å². The molecule has 0 unspecified atom stereocenters. The zero-order valence-electron chi connectivity index (χ0n) is 15.9. The highest BCUT2D eigenvalue weighted by atomic mass is 16.5. The van der Waals surface area contributed by atoms with Crippen molar-refractivity contribution in [1.29, 1.82) is 0 Å². The second kappa shape index (κ2) is 5.26. The van der Waals surface area contributed by atoms with E-state index in [1.54, 1.807) is 6.07 Å². The summed E-state index contributed by atoms with van der Waals surface area (Å²) < 4.78 is 6.49. The Morgan fingerprint density at radius 1 is 1.16 bits per heavy atom. The van der Waals surface area contributed by atoms with Gasteiger partial charge in [-0.1, -0.05) is 20.3 Å². The third-order valence-electron chi connectivity index (χ3n) is 7.24. The van der Waals surface area contributed by atoms with Gasteiger partial charge in [-0.15, -0.1) is 0 Å². The Balaban J connectivity index is 1.92. The van der Waals surface area contributed by atoms with Gasteiger partial charge >= 0.3 is 0 Å². The van der Waals surface area contributed by atoms with Crippen molar-refractivity contribution < 1.29 is 14.9 Å². The standard InChI is InChI=1S/C22H30O3/c1-14-10-16(24)15-12-19-21(4,25-17(15)11-14)9-6-18-20(2,3)7-5-8-22(18,19)13-23/h10-12,18,23-24H,5-9,13H2,1-4H3/t18-,21-,22-/m0/s1. The maximum Gasteiger partial charge on any atom is 0.131 e. The molecule has 3 heteroatoms. The van der Waals surface area contributed by atoms with Crippen molar-refractivity contribution in [3.63, 3.8) is 0 Å². The second-order valence-corrected chi connectivity index (χ2v) is 9.33. The van der Waals surface area contributed by atoms with Crippen molar-refractivity contribution in [3.8, 4) is 11.5 Å². The molecule has 1 aromatic carbocycles. The lowest BCUT2D eigenvalue weighted by molar-refractivity contribution is -0.0840. The summed E-state index contributed by atoms with van der Waals surface area (Å²) in [6.45, 7) is 9.00. The number of hydrogen-bond acceptors (Lipinski definition) is 3. The average molecular weight is 342 g/mol. The normalized spacial score (nSPS) is 35.7. The van der Waals surface area contributed by atoms with Crippen LogP contribution in [0.1, 0.15) is 64.0 Å². The Hall–Kier alpha value is -1.48. The molecular formula is C22H30O3. The predicted octanol–water partition coefficient (Wildman–Crippen LogP) is 4.83. The van der Waals surface area contributed by atoms with E-state index >= 15 is 0 Å². The van der Waals surface area contributed by atoms with Crippen LogP contribution in [-0.4, -0.2) is 22.4 Å². The van der Waals surface area contributed by atoms with Gasteiger partial charge in [0, 0.05) is 5.41 Å². The van der Waals surface area contributed by atoms with E-state index in [4.69, 9.17) is 4.74 Å². The Bertz CT molecular complexity index is 748. The number of aliphatic hydroxyl groups is 1. The first kappa shape index (κ1) is 17.0. The number of ether oxygens (including phenoxy) is 1. The van der Waals surface area contributed by atoms with Crippen LogP contribution in [0.15, 0.2) is 17.7 Å². The van der Waals surface area contributed by atoms with E-state index in [9.17, 15) is 10.2 Å². The fraction of sp³-hybridized carbons (Fsp3) is 0.636. The third kappa shape index (κ3) is 2.28. The fourth-order valence-electron chi connectivity index (χ4n) is 6.07.